The second kappa shape index (κ2) is 10.7. The standard InChI is InChI=1S/C25H20FN3O5S2/c1-29(20-7-3-2-4-8-20)36(32,33)21-9-5-6-18(14-21)24(31)34-15-23(30)28-25-27-22(16-35-25)17-10-12-19(26)13-11-17/h2-14,16H,15H2,1H3,(H,27,28,30). The third-order valence-electron chi connectivity index (χ3n) is 5.07. The number of anilines is 2. The molecular formula is C25H20FN3O5S2. The molecule has 0 atom stereocenters. The molecule has 0 unspecified atom stereocenters. The largest absolute Gasteiger partial charge is 0.452 e. The van der Waals surface area contributed by atoms with Gasteiger partial charge in [0.1, 0.15) is 5.82 Å². The van der Waals surface area contributed by atoms with Crippen molar-refractivity contribution in [3.63, 3.8) is 0 Å². The summed E-state index contributed by atoms with van der Waals surface area (Å²) >= 11 is 1.16. The van der Waals surface area contributed by atoms with Gasteiger partial charge in [0.25, 0.3) is 15.9 Å². The smallest absolute Gasteiger partial charge is 0.338 e. The van der Waals surface area contributed by atoms with Crippen LogP contribution in [0.25, 0.3) is 11.3 Å². The molecule has 1 heterocycles. The molecular weight excluding hydrogens is 505 g/mol. The van der Waals surface area contributed by atoms with E-state index in [0.717, 1.165) is 15.6 Å². The van der Waals surface area contributed by atoms with E-state index in [9.17, 15) is 22.4 Å². The predicted octanol–water partition coefficient (Wildman–Crippen LogP) is 4.57. The number of carbonyl (C=O) groups is 2. The number of carbonyl (C=O) groups excluding carboxylic acids is 2. The second-order valence-electron chi connectivity index (χ2n) is 7.51. The SMILES string of the molecule is CN(c1ccccc1)S(=O)(=O)c1cccc(C(=O)OCC(=O)Nc2nc(-c3ccc(F)cc3)cs2)c1. The number of sulfonamides is 1. The number of amides is 1. The topological polar surface area (TPSA) is 106 Å². The van der Waals surface area contributed by atoms with Crippen molar-refractivity contribution in [2.45, 2.75) is 4.90 Å². The van der Waals surface area contributed by atoms with Gasteiger partial charge in [-0.1, -0.05) is 24.3 Å². The number of esters is 1. The van der Waals surface area contributed by atoms with Crippen molar-refractivity contribution >= 4 is 44.1 Å². The minimum Gasteiger partial charge on any atom is -0.452 e. The Bertz CT molecular complexity index is 1490. The predicted molar refractivity (Wildman–Crippen MR) is 135 cm³/mol. The van der Waals surface area contributed by atoms with Gasteiger partial charge in [0.05, 0.1) is 21.8 Å². The Kier molecular flexibility index (Phi) is 7.41. The number of aromatic nitrogens is 1. The molecule has 0 saturated carbocycles. The maximum absolute atomic E-state index is 13.1. The van der Waals surface area contributed by atoms with Gasteiger partial charge in [-0.15, -0.1) is 11.3 Å². The zero-order valence-electron chi connectivity index (χ0n) is 18.9. The van der Waals surface area contributed by atoms with Crippen LogP contribution >= 0.6 is 11.3 Å². The van der Waals surface area contributed by atoms with E-state index < -0.39 is 28.5 Å². The van der Waals surface area contributed by atoms with Crippen molar-refractivity contribution in [3.05, 3.63) is 95.6 Å². The number of hydrogen-bond donors (Lipinski definition) is 1. The molecule has 0 radical (unpaired) electrons. The van der Waals surface area contributed by atoms with Gasteiger partial charge in [-0.05, 0) is 54.6 Å². The van der Waals surface area contributed by atoms with Crippen molar-refractivity contribution in [2.75, 3.05) is 23.3 Å². The number of ether oxygens (including phenoxy) is 1. The van der Waals surface area contributed by atoms with Crippen molar-refractivity contribution in [1.82, 2.24) is 4.98 Å². The summed E-state index contributed by atoms with van der Waals surface area (Å²) in [5.41, 5.74) is 1.70. The third kappa shape index (κ3) is 5.75. The van der Waals surface area contributed by atoms with Gasteiger partial charge >= 0.3 is 5.97 Å². The summed E-state index contributed by atoms with van der Waals surface area (Å²) in [4.78, 5) is 28.9. The lowest BCUT2D eigenvalue weighted by molar-refractivity contribution is -0.119. The lowest BCUT2D eigenvalue weighted by atomic mass is 10.2. The van der Waals surface area contributed by atoms with E-state index in [1.807, 2.05) is 0 Å². The van der Waals surface area contributed by atoms with Crippen LogP contribution in [-0.2, 0) is 19.6 Å². The molecule has 0 saturated heterocycles. The van der Waals surface area contributed by atoms with Gasteiger partial charge in [-0.25, -0.2) is 22.6 Å². The molecule has 0 aliphatic heterocycles. The number of thiazole rings is 1. The highest BCUT2D eigenvalue weighted by Gasteiger charge is 2.23. The van der Waals surface area contributed by atoms with E-state index in [4.69, 9.17) is 4.74 Å². The maximum Gasteiger partial charge on any atom is 0.338 e. The van der Waals surface area contributed by atoms with Crippen LogP contribution in [0.5, 0.6) is 0 Å². The van der Waals surface area contributed by atoms with Crippen LogP contribution in [-0.4, -0.2) is 38.9 Å². The summed E-state index contributed by atoms with van der Waals surface area (Å²) in [5, 5.41) is 4.52. The normalized spacial score (nSPS) is 11.1. The minimum absolute atomic E-state index is 0.0156. The summed E-state index contributed by atoms with van der Waals surface area (Å²) < 4.78 is 45.2. The number of halogens is 1. The molecule has 0 fully saturated rings. The summed E-state index contributed by atoms with van der Waals surface area (Å²) in [5.74, 6) is -1.83. The van der Waals surface area contributed by atoms with Gasteiger partial charge in [0.2, 0.25) is 0 Å². The Morgan fingerprint density at radius 2 is 1.75 bits per heavy atom. The van der Waals surface area contributed by atoms with Crippen LogP contribution in [0.2, 0.25) is 0 Å². The fourth-order valence-corrected chi connectivity index (χ4v) is 5.15. The van der Waals surface area contributed by atoms with Crippen molar-refractivity contribution < 1.29 is 27.1 Å². The molecule has 1 amide bonds. The first-order valence-corrected chi connectivity index (χ1v) is 12.9. The van der Waals surface area contributed by atoms with E-state index in [1.54, 1.807) is 47.8 Å². The first kappa shape index (κ1) is 25.0. The lowest BCUT2D eigenvalue weighted by Gasteiger charge is -2.19. The number of nitrogens with one attached hydrogen (secondary N) is 1. The number of rotatable bonds is 8. The molecule has 1 aromatic heterocycles. The van der Waals surface area contributed by atoms with E-state index in [2.05, 4.69) is 10.3 Å². The Morgan fingerprint density at radius 1 is 1.03 bits per heavy atom. The van der Waals surface area contributed by atoms with Gasteiger partial charge in [-0.3, -0.25) is 14.4 Å². The van der Waals surface area contributed by atoms with Crippen LogP contribution in [0.1, 0.15) is 10.4 Å². The summed E-state index contributed by atoms with van der Waals surface area (Å²) in [6.45, 7) is -0.592. The van der Waals surface area contributed by atoms with E-state index in [-0.39, 0.29) is 21.4 Å². The molecule has 184 valence electrons. The lowest BCUT2D eigenvalue weighted by Crippen LogP contribution is -2.26. The molecule has 0 bridgehead atoms. The third-order valence-corrected chi connectivity index (χ3v) is 7.61. The number of hydrogen-bond acceptors (Lipinski definition) is 7. The maximum atomic E-state index is 13.1. The quantitative estimate of drug-likeness (QED) is 0.338. The molecule has 11 heteroatoms. The molecule has 1 N–H and O–H groups in total. The molecule has 36 heavy (non-hydrogen) atoms. The fourth-order valence-electron chi connectivity index (χ4n) is 3.17. The van der Waals surface area contributed by atoms with Crippen LogP contribution in [0.15, 0.2) is 89.1 Å². The van der Waals surface area contributed by atoms with Gasteiger partial charge in [-0.2, -0.15) is 0 Å². The summed E-state index contributed by atoms with van der Waals surface area (Å²) in [6, 6.07) is 19.7. The first-order valence-electron chi connectivity index (χ1n) is 10.6. The summed E-state index contributed by atoms with van der Waals surface area (Å²) in [6.07, 6.45) is 0. The number of nitrogens with zero attached hydrogens (tertiary/aromatic N) is 2. The molecule has 0 spiro atoms. The minimum atomic E-state index is -3.92. The van der Waals surface area contributed by atoms with E-state index in [0.29, 0.717) is 16.9 Å². The summed E-state index contributed by atoms with van der Waals surface area (Å²) in [7, 11) is -2.51. The molecule has 4 aromatic rings. The van der Waals surface area contributed by atoms with Crippen LogP contribution < -0.4 is 9.62 Å². The molecule has 8 nitrogen and oxygen atoms in total. The monoisotopic (exact) mass is 525 g/mol. The fraction of sp³-hybridized carbons (Fsp3) is 0.0800. The highest BCUT2D eigenvalue weighted by Crippen LogP contribution is 2.25. The van der Waals surface area contributed by atoms with E-state index in [1.165, 1.54) is 43.4 Å². The van der Waals surface area contributed by atoms with E-state index >= 15 is 0 Å². The molecule has 0 aliphatic carbocycles. The van der Waals surface area contributed by atoms with Gasteiger partial charge in [0, 0.05) is 18.0 Å². The Balaban J connectivity index is 1.37. The Morgan fingerprint density at radius 3 is 2.47 bits per heavy atom. The number of para-hydroxylation sites is 1. The van der Waals surface area contributed by atoms with Crippen LogP contribution in [0.4, 0.5) is 15.2 Å². The van der Waals surface area contributed by atoms with Gasteiger partial charge in [0.15, 0.2) is 11.7 Å². The van der Waals surface area contributed by atoms with Gasteiger partial charge < -0.3 is 4.74 Å². The highest BCUT2D eigenvalue weighted by atomic mass is 32.2. The Labute approximate surface area is 211 Å². The molecule has 0 aliphatic rings. The molecule has 3 aromatic carbocycles. The average molecular weight is 526 g/mol. The highest BCUT2D eigenvalue weighted by molar-refractivity contribution is 7.92. The average Bonchev–Trinajstić information content (AvgIpc) is 3.36. The van der Waals surface area contributed by atoms with Crippen molar-refractivity contribution in [3.8, 4) is 11.3 Å². The zero-order valence-corrected chi connectivity index (χ0v) is 20.6. The van der Waals surface area contributed by atoms with Crippen LogP contribution in [0, 0.1) is 5.82 Å². The number of benzene rings is 3. The van der Waals surface area contributed by atoms with Crippen molar-refractivity contribution in [2.24, 2.45) is 0 Å². The zero-order chi connectivity index (χ0) is 25.7. The molecule has 4 rings (SSSR count). The van der Waals surface area contributed by atoms with Crippen molar-refractivity contribution in [1.29, 1.82) is 0 Å². The van der Waals surface area contributed by atoms with Crippen LogP contribution in [0.3, 0.4) is 0 Å². The Hall–Kier alpha value is -4.09. The first-order chi connectivity index (χ1) is 17.2. The second-order valence-corrected chi connectivity index (χ2v) is 10.3.